The summed E-state index contributed by atoms with van der Waals surface area (Å²) < 4.78 is 0. The van der Waals surface area contributed by atoms with Gasteiger partial charge in [0.2, 0.25) is 0 Å². The third kappa shape index (κ3) is 3.25. The summed E-state index contributed by atoms with van der Waals surface area (Å²) in [6, 6.07) is 0.530. The number of rotatable bonds is 5. The molecule has 1 unspecified atom stereocenters. The Balaban J connectivity index is 2.10. The highest BCUT2D eigenvalue weighted by Crippen LogP contribution is 2.20. The molecule has 0 aromatic rings. The monoisotopic (exact) mass is 186 g/mol. The van der Waals surface area contributed by atoms with Gasteiger partial charge in [0, 0.05) is 6.04 Å². The van der Waals surface area contributed by atoms with Crippen molar-refractivity contribution in [2.45, 2.75) is 38.8 Å². The SMILES string of the molecule is CC(C)C(CN)CNC1CC(O)C1. The summed E-state index contributed by atoms with van der Waals surface area (Å²) in [4.78, 5) is 0. The van der Waals surface area contributed by atoms with Crippen LogP contribution in [0.1, 0.15) is 26.7 Å². The number of hydrogen-bond donors (Lipinski definition) is 3. The maximum absolute atomic E-state index is 9.09. The van der Waals surface area contributed by atoms with E-state index in [2.05, 4.69) is 19.2 Å². The lowest BCUT2D eigenvalue weighted by molar-refractivity contribution is 0.0602. The molecule has 0 aliphatic heterocycles. The van der Waals surface area contributed by atoms with Gasteiger partial charge >= 0.3 is 0 Å². The van der Waals surface area contributed by atoms with Crippen LogP contribution in [-0.4, -0.2) is 30.3 Å². The van der Waals surface area contributed by atoms with E-state index in [0.29, 0.717) is 17.9 Å². The van der Waals surface area contributed by atoms with Crippen molar-refractivity contribution < 1.29 is 5.11 Å². The zero-order chi connectivity index (χ0) is 9.84. The molecule has 1 aliphatic carbocycles. The molecule has 4 N–H and O–H groups in total. The molecule has 0 aromatic heterocycles. The van der Waals surface area contributed by atoms with Crippen molar-refractivity contribution in [1.29, 1.82) is 0 Å². The van der Waals surface area contributed by atoms with E-state index in [1.165, 1.54) is 0 Å². The first-order chi connectivity index (χ1) is 6.13. The molecule has 0 amide bonds. The van der Waals surface area contributed by atoms with Crippen LogP contribution in [0, 0.1) is 11.8 Å². The summed E-state index contributed by atoms with van der Waals surface area (Å²) >= 11 is 0. The molecule has 0 radical (unpaired) electrons. The zero-order valence-electron chi connectivity index (χ0n) is 8.66. The molecular formula is C10H22N2O. The van der Waals surface area contributed by atoms with Crippen molar-refractivity contribution >= 4 is 0 Å². The summed E-state index contributed by atoms with van der Waals surface area (Å²) in [5.41, 5.74) is 5.66. The second-order valence-corrected chi connectivity index (χ2v) is 4.47. The fourth-order valence-electron chi connectivity index (χ4n) is 1.66. The van der Waals surface area contributed by atoms with E-state index in [0.717, 1.165) is 25.9 Å². The average molecular weight is 186 g/mol. The van der Waals surface area contributed by atoms with Crippen LogP contribution in [0.15, 0.2) is 0 Å². The van der Waals surface area contributed by atoms with Gasteiger partial charge in [0.05, 0.1) is 6.10 Å². The fraction of sp³-hybridized carbons (Fsp3) is 1.00. The fourth-order valence-corrected chi connectivity index (χ4v) is 1.66. The van der Waals surface area contributed by atoms with Crippen LogP contribution in [-0.2, 0) is 0 Å². The molecule has 1 rings (SSSR count). The summed E-state index contributed by atoms with van der Waals surface area (Å²) in [5.74, 6) is 1.21. The Kier molecular flexibility index (Phi) is 4.16. The maximum Gasteiger partial charge on any atom is 0.0570 e. The molecular weight excluding hydrogens is 164 g/mol. The molecule has 1 fully saturated rings. The predicted octanol–water partition coefficient (Wildman–Crippen LogP) is 0.330. The third-order valence-electron chi connectivity index (χ3n) is 3.03. The Morgan fingerprint density at radius 2 is 2.08 bits per heavy atom. The van der Waals surface area contributed by atoms with Crippen LogP contribution in [0.25, 0.3) is 0 Å². The summed E-state index contributed by atoms with van der Waals surface area (Å²) in [5, 5.41) is 12.5. The second kappa shape index (κ2) is 4.94. The van der Waals surface area contributed by atoms with Crippen molar-refractivity contribution in [1.82, 2.24) is 5.32 Å². The van der Waals surface area contributed by atoms with Crippen molar-refractivity contribution in [3.05, 3.63) is 0 Å². The standard InChI is InChI=1S/C10H22N2O/c1-7(2)8(5-11)6-12-9-3-10(13)4-9/h7-10,12-13H,3-6,11H2,1-2H3. The van der Waals surface area contributed by atoms with Gasteiger partial charge in [0.1, 0.15) is 0 Å². The Hall–Kier alpha value is -0.120. The Bertz CT molecular complexity index is 144. The van der Waals surface area contributed by atoms with Gasteiger partial charge in [-0.05, 0) is 37.8 Å². The van der Waals surface area contributed by atoms with Crippen LogP contribution in [0.2, 0.25) is 0 Å². The Labute approximate surface area is 80.7 Å². The molecule has 3 nitrogen and oxygen atoms in total. The highest BCUT2D eigenvalue weighted by atomic mass is 16.3. The molecule has 1 saturated carbocycles. The number of nitrogens with one attached hydrogen (secondary N) is 1. The van der Waals surface area contributed by atoms with E-state index in [9.17, 15) is 0 Å². The minimum Gasteiger partial charge on any atom is -0.393 e. The highest BCUT2D eigenvalue weighted by Gasteiger charge is 2.27. The molecule has 0 saturated heterocycles. The lowest BCUT2D eigenvalue weighted by Crippen LogP contribution is -2.47. The predicted molar refractivity (Wildman–Crippen MR) is 54.4 cm³/mol. The molecule has 3 heteroatoms. The molecule has 0 bridgehead atoms. The van der Waals surface area contributed by atoms with Crippen molar-refractivity contribution in [3.8, 4) is 0 Å². The molecule has 0 aromatic carbocycles. The lowest BCUT2D eigenvalue weighted by Gasteiger charge is -2.34. The summed E-state index contributed by atoms with van der Waals surface area (Å²) in [6.07, 6.45) is 1.76. The summed E-state index contributed by atoms with van der Waals surface area (Å²) in [7, 11) is 0. The van der Waals surface area contributed by atoms with Gasteiger partial charge in [0.15, 0.2) is 0 Å². The normalized spacial score (nSPS) is 30.2. The van der Waals surface area contributed by atoms with E-state index in [1.54, 1.807) is 0 Å². The summed E-state index contributed by atoms with van der Waals surface area (Å²) in [6.45, 7) is 6.15. The molecule has 13 heavy (non-hydrogen) atoms. The van der Waals surface area contributed by atoms with Gasteiger partial charge in [-0.2, -0.15) is 0 Å². The molecule has 1 atom stereocenters. The van der Waals surface area contributed by atoms with E-state index < -0.39 is 0 Å². The van der Waals surface area contributed by atoms with E-state index in [1.807, 2.05) is 0 Å². The largest absolute Gasteiger partial charge is 0.393 e. The van der Waals surface area contributed by atoms with Crippen LogP contribution in [0.4, 0.5) is 0 Å². The van der Waals surface area contributed by atoms with Gasteiger partial charge < -0.3 is 16.2 Å². The van der Waals surface area contributed by atoms with E-state index in [4.69, 9.17) is 10.8 Å². The molecule has 0 heterocycles. The average Bonchev–Trinajstić information content (AvgIpc) is 2.01. The third-order valence-corrected chi connectivity index (χ3v) is 3.03. The number of aliphatic hydroxyl groups excluding tert-OH is 1. The van der Waals surface area contributed by atoms with Crippen LogP contribution < -0.4 is 11.1 Å². The Morgan fingerprint density at radius 1 is 1.46 bits per heavy atom. The van der Waals surface area contributed by atoms with Gasteiger partial charge in [-0.1, -0.05) is 13.8 Å². The van der Waals surface area contributed by atoms with Crippen molar-refractivity contribution in [2.75, 3.05) is 13.1 Å². The minimum absolute atomic E-state index is 0.0622. The van der Waals surface area contributed by atoms with Crippen LogP contribution in [0.3, 0.4) is 0 Å². The Morgan fingerprint density at radius 3 is 2.46 bits per heavy atom. The number of nitrogens with two attached hydrogens (primary N) is 1. The quantitative estimate of drug-likeness (QED) is 0.580. The number of hydrogen-bond acceptors (Lipinski definition) is 3. The first-order valence-electron chi connectivity index (χ1n) is 5.25. The van der Waals surface area contributed by atoms with E-state index >= 15 is 0 Å². The van der Waals surface area contributed by atoms with Crippen LogP contribution >= 0.6 is 0 Å². The topological polar surface area (TPSA) is 58.3 Å². The zero-order valence-corrected chi connectivity index (χ0v) is 8.66. The van der Waals surface area contributed by atoms with Gasteiger partial charge in [-0.25, -0.2) is 0 Å². The van der Waals surface area contributed by atoms with Gasteiger partial charge in [-0.3, -0.25) is 0 Å². The minimum atomic E-state index is -0.0622. The maximum atomic E-state index is 9.09. The molecule has 1 aliphatic rings. The van der Waals surface area contributed by atoms with Gasteiger partial charge in [-0.15, -0.1) is 0 Å². The first-order valence-corrected chi connectivity index (χ1v) is 5.25. The smallest absolute Gasteiger partial charge is 0.0570 e. The highest BCUT2D eigenvalue weighted by molar-refractivity contribution is 4.85. The molecule has 0 spiro atoms. The van der Waals surface area contributed by atoms with Crippen LogP contribution in [0.5, 0.6) is 0 Å². The lowest BCUT2D eigenvalue weighted by atomic mass is 9.88. The van der Waals surface area contributed by atoms with Gasteiger partial charge in [0.25, 0.3) is 0 Å². The number of aliphatic hydroxyl groups is 1. The van der Waals surface area contributed by atoms with E-state index in [-0.39, 0.29) is 6.10 Å². The van der Waals surface area contributed by atoms with Crippen molar-refractivity contribution in [3.63, 3.8) is 0 Å². The second-order valence-electron chi connectivity index (χ2n) is 4.47. The molecule has 78 valence electrons. The first kappa shape index (κ1) is 11.0. The van der Waals surface area contributed by atoms with Crippen molar-refractivity contribution in [2.24, 2.45) is 17.6 Å².